The van der Waals surface area contributed by atoms with Crippen LogP contribution in [-0.2, 0) is 4.79 Å². The highest BCUT2D eigenvalue weighted by atomic mass is 16.4. The first-order valence-electron chi connectivity index (χ1n) is 4.13. The van der Waals surface area contributed by atoms with E-state index in [9.17, 15) is 9.90 Å². The number of carbonyl (C=O) groups is 1. The van der Waals surface area contributed by atoms with Crippen LogP contribution in [0.25, 0.3) is 0 Å². The van der Waals surface area contributed by atoms with E-state index in [-0.39, 0.29) is 11.7 Å². The minimum Gasteiger partial charge on any atom is -0.508 e. The summed E-state index contributed by atoms with van der Waals surface area (Å²) in [6, 6.07) is 5.89. The van der Waals surface area contributed by atoms with Gasteiger partial charge < -0.3 is 20.8 Å². The Kier molecular flexibility index (Phi) is 3.12. The molecule has 0 amide bonds. The highest BCUT2D eigenvalue weighted by Gasteiger charge is 2.13. The predicted molar refractivity (Wildman–Crippen MR) is 55.0 cm³/mol. The van der Waals surface area contributed by atoms with Gasteiger partial charge in [0.1, 0.15) is 12.3 Å². The highest BCUT2D eigenvalue weighted by Crippen LogP contribution is 2.19. The third kappa shape index (κ3) is 2.87. The van der Waals surface area contributed by atoms with Gasteiger partial charge in [-0.05, 0) is 12.1 Å². The van der Waals surface area contributed by atoms with E-state index in [0.29, 0.717) is 5.69 Å². The fourth-order valence-corrected chi connectivity index (χ4v) is 1.11. The molecule has 0 aromatic heterocycles. The molecule has 1 aromatic carbocycles. The molecule has 0 heterocycles. The Bertz CT molecular complexity index is 392. The maximum atomic E-state index is 10.5. The molecule has 80 valence electrons. The van der Waals surface area contributed by atoms with Crippen molar-refractivity contribution in [1.29, 1.82) is 5.41 Å². The van der Waals surface area contributed by atoms with Crippen molar-refractivity contribution in [3.63, 3.8) is 0 Å². The third-order valence-corrected chi connectivity index (χ3v) is 1.73. The van der Waals surface area contributed by atoms with Gasteiger partial charge in [0, 0.05) is 11.8 Å². The number of aliphatic carboxylic acids is 1. The first-order valence-corrected chi connectivity index (χ1v) is 4.13. The predicted octanol–water partition coefficient (Wildman–Crippen LogP) is 0.177. The van der Waals surface area contributed by atoms with Gasteiger partial charge in [-0.3, -0.25) is 10.2 Å². The first-order chi connectivity index (χ1) is 7.00. The van der Waals surface area contributed by atoms with Crippen LogP contribution in [-0.4, -0.2) is 28.7 Å². The van der Waals surface area contributed by atoms with Crippen LogP contribution >= 0.6 is 0 Å². The third-order valence-electron chi connectivity index (χ3n) is 1.73. The summed E-state index contributed by atoms with van der Waals surface area (Å²) < 4.78 is 0. The van der Waals surface area contributed by atoms with Crippen LogP contribution in [0.4, 0.5) is 5.69 Å². The lowest BCUT2D eigenvalue weighted by Crippen LogP contribution is -2.40. The van der Waals surface area contributed by atoms with Gasteiger partial charge in [0.2, 0.25) is 0 Å². The number of hydrogen-bond donors (Lipinski definition) is 4. The summed E-state index contributed by atoms with van der Waals surface area (Å²) in [6.07, 6.45) is 0. The Morgan fingerprint density at radius 2 is 2.20 bits per heavy atom. The summed E-state index contributed by atoms with van der Waals surface area (Å²) >= 11 is 0. The second kappa shape index (κ2) is 4.32. The molecule has 0 unspecified atom stereocenters. The van der Waals surface area contributed by atoms with Crippen LogP contribution in [0.1, 0.15) is 0 Å². The van der Waals surface area contributed by atoms with Crippen LogP contribution in [0.3, 0.4) is 0 Å². The number of phenolic OH excluding ortho intramolecular Hbond substituents is 1. The summed E-state index contributed by atoms with van der Waals surface area (Å²) in [7, 11) is 0. The van der Waals surface area contributed by atoms with E-state index in [1.165, 1.54) is 12.1 Å². The van der Waals surface area contributed by atoms with Crippen molar-refractivity contribution in [1.82, 2.24) is 0 Å². The van der Waals surface area contributed by atoms with Crippen LogP contribution in [0.15, 0.2) is 24.3 Å². The van der Waals surface area contributed by atoms with Crippen molar-refractivity contribution < 1.29 is 15.0 Å². The molecule has 0 aliphatic carbocycles. The Morgan fingerprint density at radius 1 is 1.53 bits per heavy atom. The molecule has 0 fully saturated rings. The molecule has 0 saturated heterocycles. The minimum absolute atomic E-state index is 0.0101. The van der Waals surface area contributed by atoms with Crippen molar-refractivity contribution in [3.05, 3.63) is 24.3 Å². The lowest BCUT2D eigenvalue weighted by Gasteiger charge is -2.20. The smallest absolute Gasteiger partial charge is 0.323 e. The molecule has 6 nitrogen and oxygen atoms in total. The van der Waals surface area contributed by atoms with E-state index in [4.69, 9.17) is 16.2 Å². The SMILES string of the molecule is N=C(N)N(CC(=O)O)c1cccc(O)c1. The molecular weight excluding hydrogens is 198 g/mol. The lowest BCUT2D eigenvalue weighted by molar-refractivity contribution is -0.135. The van der Waals surface area contributed by atoms with Gasteiger partial charge in [0.15, 0.2) is 5.96 Å². The Morgan fingerprint density at radius 3 is 2.67 bits per heavy atom. The molecule has 6 heteroatoms. The number of carboxylic acid groups (broad SMARTS) is 1. The van der Waals surface area contributed by atoms with Gasteiger partial charge in [-0.1, -0.05) is 6.07 Å². The van der Waals surface area contributed by atoms with E-state index >= 15 is 0 Å². The molecule has 0 bridgehead atoms. The van der Waals surface area contributed by atoms with E-state index < -0.39 is 12.5 Å². The molecule has 1 rings (SSSR count). The number of nitrogens with one attached hydrogen (secondary N) is 1. The summed E-state index contributed by atoms with van der Waals surface area (Å²) in [5.74, 6) is -1.50. The normalized spacial score (nSPS) is 9.60. The molecule has 0 aliphatic heterocycles. The van der Waals surface area contributed by atoms with Crippen LogP contribution in [0.2, 0.25) is 0 Å². The van der Waals surface area contributed by atoms with E-state index in [2.05, 4.69) is 0 Å². The van der Waals surface area contributed by atoms with E-state index in [0.717, 1.165) is 4.90 Å². The zero-order valence-corrected chi connectivity index (χ0v) is 7.84. The number of anilines is 1. The van der Waals surface area contributed by atoms with Crippen LogP contribution in [0.5, 0.6) is 5.75 Å². The van der Waals surface area contributed by atoms with Crippen molar-refractivity contribution in [3.8, 4) is 5.75 Å². The maximum Gasteiger partial charge on any atom is 0.323 e. The fourth-order valence-electron chi connectivity index (χ4n) is 1.11. The number of benzene rings is 1. The molecule has 15 heavy (non-hydrogen) atoms. The maximum absolute atomic E-state index is 10.5. The van der Waals surface area contributed by atoms with Gasteiger partial charge in [-0.25, -0.2) is 0 Å². The zero-order valence-electron chi connectivity index (χ0n) is 7.84. The lowest BCUT2D eigenvalue weighted by atomic mass is 10.2. The number of guanidine groups is 1. The van der Waals surface area contributed by atoms with Crippen molar-refractivity contribution in [2.75, 3.05) is 11.4 Å². The molecule has 5 N–H and O–H groups in total. The molecule has 0 saturated carbocycles. The molecule has 0 spiro atoms. The van der Waals surface area contributed by atoms with E-state index in [1.807, 2.05) is 0 Å². The minimum atomic E-state index is -1.10. The number of carboxylic acids is 1. The number of rotatable bonds is 3. The molecule has 0 atom stereocenters. The summed E-state index contributed by atoms with van der Waals surface area (Å²) in [4.78, 5) is 11.6. The van der Waals surface area contributed by atoms with Gasteiger partial charge in [0.25, 0.3) is 0 Å². The quantitative estimate of drug-likeness (QED) is 0.419. The van der Waals surface area contributed by atoms with Crippen LogP contribution < -0.4 is 10.6 Å². The molecule has 0 aliphatic rings. The summed E-state index contributed by atoms with van der Waals surface area (Å²) in [5, 5.41) is 25.0. The average Bonchev–Trinajstić information content (AvgIpc) is 2.13. The Hall–Kier alpha value is -2.24. The van der Waals surface area contributed by atoms with Crippen molar-refractivity contribution >= 4 is 17.6 Å². The average molecular weight is 209 g/mol. The highest BCUT2D eigenvalue weighted by molar-refractivity contribution is 5.96. The fraction of sp³-hybridized carbons (Fsp3) is 0.111. The zero-order chi connectivity index (χ0) is 11.4. The standard InChI is InChI=1S/C9H11N3O3/c10-9(11)12(5-8(14)15)6-2-1-3-7(13)4-6/h1-4,13H,5H2,(H3,10,11)(H,14,15). The monoisotopic (exact) mass is 209 g/mol. The molecular formula is C9H11N3O3. The number of nitrogens with two attached hydrogens (primary N) is 1. The van der Waals surface area contributed by atoms with E-state index in [1.54, 1.807) is 12.1 Å². The number of phenols is 1. The second-order valence-corrected chi connectivity index (χ2v) is 2.88. The van der Waals surface area contributed by atoms with Gasteiger partial charge in [-0.2, -0.15) is 0 Å². The largest absolute Gasteiger partial charge is 0.508 e. The van der Waals surface area contributed by atoms with Crippen molar-refractivity contribution in [2.45, 2.75) is 0 Å². The number of nitrogens with zero attached hydrogens (tertiary/aromatic N) is 1. The Labute approximate surface area is 86.1 Å². The van der Waals surface area contributed by atoms with Gasteiger partial charge in [0.05, 0.1) is 0 Å². The topological polar surface area (TPSA) is 111 Å². The van der Waals surface area contributed by atoms with Gasteiger partial charge in [-0.15, -0.1) is 0 Å². The second-order valence-electron chi connectivity index (χ2n) is 2.88. The number of aromatic hydroxyl groups is 1. The summed E-state index contributed by atoms with van der Waals surface area (Å²) in [6.45, 7) is -0.418. The molecule has 0 radical (unpaired) electrons. The van der Waals surface area contributed by atoms with Crippen LogP contribution in [0, 0.1) is 5.41 Å². The van der Waals surface area contributed by atoms with Crippen molar-refractivity contribution in [2.24, 2.45) is 5.73 Å². The Balaban J connectivity index is 2.98. The molecule has 1 aromatic rings. The number of hydrogen-bond acceptors (Lipinski definition) is 3. The summed E-state index contributed by atoms with van der Waals surface area (Å²) in [5.41, 5.74) is 5.60. The first kappa shape index (κ1) is 10.8. The van der Waals surface area contributed by atoms with Gasteiger partial charge >= 0.3 is 5.97 Å².